The molecule has 0 aliphatic heterocycles. The summed E-state index contributed by atoms with van der Waals surface area (Å²) in [4.78, 5) is 41.3. The highest BCUT2D eigenvalue weighted by atomic mass is 35.5. The van der Waals surface area contributed by atoms with E-state index in [0.717, 1.165) is 10.1 Å². The van der Waals surface area contributed by atoms with Crippen LogP contribution in [0.1, 0.15) is 12.0 Å². The van der Waals surface area contributed by atoms with E-state index in [4.69, 9.17) is 33.7 Å². The third-order valence-electron chi connectivity index (χ3n) is 4.58. The molecule has 3 N–H and O–H groups in total. The van der Waals surface area contributed by atoms with Crippen LogP contribution in [-0.2, 0) is 22.6 Å². The van der Waals surface area contributed by atoms with Crippen LogP contribution in [0.4, 0.5) is 11.5 Å². The highest BCUT2D eigenvalue weighted by Gasteiger charge is 2.58. The number of benzene rings is 1. The Labute approximate surface area is 170 Å². The fourth-order valence-corrected chi connectivity index (χ4v) is 3.44. The second-order valence-corrected chi connectivity index (χ2v) is 8.11. The van der Waals surface area contributed by atoms with Crippen LogP contribution in [0.15, 0.2) is 39.9 Å². The van der Waals surface area contributed by atoms with Gasteiger partial charge in [-0.25, -0.2) is 4.79 Å². The molecule has 2 aromatic rings. The molecule has 0 radical (unpaired) electrons. The van der Waals surface area contributed by atoms with Crippen LogP contribution in [0.25, 0.3) is 0 Å². The Kier molecular flexibility index (Phi) is 5.83. The second kappa shape index (κ2) is 7.98. The van der Waals surface area contributed by atoms with Crippen LogP contribution < -0.4 is 21.9 Å². The van der Waals surface area contributed by atoms with Crippen molar-refractivity contribution in [2.24, 2.45) is 5.92 Å². The molecule has 0 unspecified atom stereocenters. The van der Waals surface area contributed by atoms with E-state index >= 15 is 0 Å². The van der Waals surface area contributed by atoms with Gasteiger partial charge in [0.2, 0.25) is 5.91 Å². The summed E-state index contributed by atoms with van der Waals surface area (Å²) in [6.45, 7) is 0.407. The minimum Gasteiger partial charge on any atom is -0.383 e. The van der Waals surface area contributed by atoms with Crippen LogP contribution >= 0.6 is 23.2 Å². The Balaban J connectivity index is 2.08. The predicted octanol–water partition coefficient (Wildman–Crippen LogP) is 1.49. The van der Waals surface area contributed by atoms with Gasteiger partial charge in [-0.3, -0.25) is 24.0 Å². The lowest BCUT2D eigenvalue weighted by atomic mass is 10.2. The molecule has 10 heteroatoms. The number of nitrogens with one attached hydrogen (secondary N) is 1. The number of nitrogen functional groups attached to an aromatic ring is 1. The van der Waals surface area contributed by atoms with Crippen LogP contribution in [0, 0.1) is 5.92 Å². The van der Waals surface area contributed by atoms with Gasteiger partial charge in [0, 0.05) is 7.11 Å². The minimum absolute atomic E-state index is 0.0792. The number of alkyl halides is 2. The van der Waals surface area contributed by atoms with Gasteiger partial charge in [-0.05, 0) is 12.0 Å². The summed E-state index contributed by atoms with van der Waals surface area (Å²) in [5, 5.41) is 0. The fourth-order valence-electron chi connectivity index (χ4n) is 2.95. The maximum atomic E-state index is 13.1. The number of carbonyl (C=O) groups excluding carboxylic acids is 1. The number of methoxy groups -OCH3 is 1. The monoisotopic (exact) mass is 426 g/mol. The molecule has 0 saturated heterocycles. The lowest BCUT2D eigenvalue weighted by molar-refractivity contribution is -0.120. The van der Waals surface area contributed by atoms with E-state index in [9.17, 15) is 14.4 Å². The molecule has 0 spiro atoms. The number of carbonyl (C=O) groups is 1. The maximum absolute atomic E-state index is 13.1. The van der Waals surface area contributed by atoms with E-state index in [-0.39, 0.29) is 37.6 Å². The largest absolute Gasteiger partial charge is 0.383 e. The molecular weight excluding hydrogens is 407 g/mol. The molecule has 3 rings (SSSR count). The number of nitrogens with zero attached hydrogens (tertiary/aromatic N) is 2. The van der Waals surface area contributed by atoms with E-state index in [1.54, 1.807) is 0 Å². The Hall–Kier alpha value is -2.29. The first kappa shape index (κ1) is 20.4. The van der Waals surface area contributed by atoms with Crippen LogP contribution in [0.3, 0.4) is 0 Å². The molecule has 1 aromatic carbocycles. The summed E-state index contributed by atoms with van der Waals surface area (Å²) in [5.74, 6) is -1.20. The Morgan fingerprint density at radius 3 is 2.57 bits per heavy atom. The summed E-state index contributed by atoms with van der Waals surface area (Å²) >= 11 is 12.1. The average molecular weight is 427 g/mol. The molecular formula is C18H20Cl2N4O4. The summed E-state index contributed by atoms with van der Waals surface area (Å²) in [6.07, 6.45) is 0.279. The van der Waals surface area contributed by atoms with Crippen molar-refractivity contribution in [2.45, 2.75) is 23.8 Å². The van der Waals surface area contributed by atoms with Gasteiger partial charge in [0.15, 0.2) is 5.69 Å². The fraction of sp³-hybridized carbons (Fsp3) is 0.389. The SMILES string of the molecule is COCCn1c(N)c(N(Cc2ccccc2)C(=O)[C@H]2CC2(Cl)Cl)c(=O)[nH]c1=O. The second-order valence-electron chi connectivity index (χ2n) is 6.57. The standard InChI is InChI=1S/C18H20Cl2N4O4/c1-28-8-7-23-14(21)13(15(25)22-17(23)27)24(10-11-5-3-2-4-6-11)16(26)12-9-18(12,19)20/h2-6,12H,7-10,21H2,1H3,(H,22,25,27)/t12-/m1/s1. The van der Waals surface area contributed by atoms with Crippen LogP contribution in [0.2, 0.25) is 0 Å². The molecule has 1 atom stereocenters. The first-order valence-electron chi connectivity index (χ1n) is 8.61. The van der Waals surface area contributed by atoms with Gasteiger partial charge in [-0.1, -0.05) is 30.3 Å². The summed E-state index contributed by atoms with van der Waals surface area (Å²) in [6, 6.07) is 9.09. The number of nitrogens with two attached hydrogens (primary N) is 1. The number of rotatable bonds is 7. The average Bonchev–Trinajstić information content (AvgIpc) is 3.29. The molecule has 150 valence electrons. The quantitative estimate of drug-likeness (QED) is 0.651. The Morgan fingerprint density at radius 2 is 2.00 bits per heavy atom. The van der Waals surface area contributed by atoms with Crippen molar-refractivity contribution in [1.29, 1.82) is 0 Å². The minimum atomic E-state index is -1.17. The van der Waals surface area contributed by atoms with Crippen molar-refractivity contribution in [2.75, 3.05) is 24.4 Å². The number of hydrogen-bond acceptors (Lipinski definition) is 5. The van der Waals surface area contributed by atoms with Gasteiger partial charge in [-0.2, -0.15) is 0 Å². The lowest BCUT2D eigenvalue weighted by Gasteiger charge is -2.25. The molecule has 1 aliphatic rings. The number of amides is 1. The molecule has 28 heavy (non-hydrogen) atoms. The van der Waals surface area contributed by atoms with E-state index in [2.05, 4.69) is 4.98 Å². The van der Waals surface area contributed by atoms with Gasteiger partial charge in [0.25, 0.3) is 5.56 Å². The molecule has 0 bridgehead atoms. The van der Waals surface area contributed by atoms with Gasteiger partial charge in [0.05, 0.1) is 25.6 Å². The van der Waals surface area contributed by atoms with E-state index in [1.807, 2.05) is 30.3 Å². The van der Waals surface area contributed by atoms with Crippen molar-refractivity contribution < 1.29 is 9.53 Å². The topological polar surface area (TPSA) is 110 Å². The third-order valence-corrected chi connectivity index (χ3v) is 5.41. The zero-order valence-corrected chi connectivity index (χ0v) is 16.7. The number of ether oxygens (including phenoxy) is 1. The highest BCUT2D eigenvalue weighted by Crippen LogP contribution is 2.54. The number of H-pyrrole nitrogens is 1. The van der Waals surface area contributed by atoms with Crippen molar-refractivity contribution in [1.82, 2.24) is 9.55 Å². The lowest BCUT2D eigenvalue weighted by Crippen LogP contribution is -2.42. The molecule has 1 saturated carbocycles. The maximum Gasteiger partial charge on any atom is 0.330 e. The first-order valence-corrected chi connectivity index (χ1v) is 9.36. The molecule has 1 aliphatic carbocycles. The van der Waals surface area contributed by atoms with Crippen molar-refractivity contribution in [3.8, 4) is 0 Å². The van der Waals surface area contributed by atoms with Crippen molar-refractivity contribution in [3.05, 3.63) is 56.7 Å². The van der Waals surface area contributed by atoms with E-state index in [1.165, 1.54) is 12.0 Å². The summed E-state index contributed by atoms with van der Waals surface area (Å²) < 4.78 is 4.97. The molecule has 8 nitrogen and oxygen atoms in total. The van der Waals surface area contributed by atoms with Gasteiger partial charge < -0.3 is 10.5 Å². The number of anilines is 2. The predicted molar refractivity (Wildman–Crippen MR) is 108 cm³/mol. The zero-order valence-electron chi connectivity index (χ0n) is 15.2. The summed E-state index contributed by atoms with van der Waals surface area (Å²) in [5.41, 5.74) is 5.37. The first-order chi connectivity index (χ1) is 13.3. The number of hydrogen-bond donors (Lipinski definition) is 2. The van der Waals surface area contributed by atoms with Gasteiger partial charge in [0.1, 0.15) is 10.2 Å². The molecule has 1 fully saturated rings. The number of aromatic amines is 1. The Bertz CT molecular complexity index is 987. The zero-order chi connectivity index (χ0) is 20.5. The number of halogens is 2. The van der Waals surface area contributed by atoms with E-state index in [0.29, 0.717) is 0 Å². The van der Waals surface area contributed by atoms with Crippen molar-refractivity contribution in [3.63, 3.8) is 0 Å². The smallest absolute Gasteiger partial charge is 0.330 e. The van der Waals surface area contributed by atoms with Gasteiger partial charge in [-0.15, -0.1) is 23.2 Å². The van der Waals surface area contributed by atoms with Gasteiger partial charge >= 0.3 is 5.69 Å². The molecule has 1 heterocycles. The Morgan fingerprint density at radius 1 is 1.36 bits per heavy atom. The van der Waals surface area contributed by atoms with E-state index < -0.39 is 27.4 Å². The van der Waals surface area contributed by atoms with Crippen molar-refractivity contribution >= 4 is 40.6 Å². The third kappa shape index (κ3) is 4.09. The van der Waals surface area contributed by atoms with Crippen LogP contribution in [-0.4, -0.2) is 33.5 Å². The summed E-state index contributed by atoms with van der Waals surface area (Å²) in [7, 11) is 1.48. The normalized spacial score (nSPS) is 17.3. The molecule has 1 aromatic heterocycles. The van der Waals surface area contributed by atoms with Crippen LogP contribution in [0.5, 0.6) is 0 Å². The highest BCUT2D eigenvalue weighted by molar-refractivity contribution is 6.52. The number of aromatic nitrogens is 2. The molecule has 1 amide bonds.